The van der Waals surface area contributed by atoms with Crippen molar-refractivity contribution in [2.75, 3.05) is 0 Å². The van der Waals surface area contributed by atoms with Gasteiger partial charge in [-0.25, -0.2) is 9.67 Å². The second-order valence-corrected chi connectivity index (χ2v) is 5.78. The lowest BCUT2D eigenvalue weighted by Gasteiger charge is -2.15. The summed E-state index contributed by atoms with van der Waals surface area (Å²) < 4.78 is 3.78. The number of halogens is 2. The summed E-state index contributed by atoms with van der Waals surface area (Å²) in [7, 11) is 0. The molecule has 2 aromatic heterocycles. The molecule has 0 saturated heterocycles. The van der Waals surface area contributed by atoms with E-state index in [0.717, 1.165) is 6.42 Å². The minimum Gasteiger partial charge on any atom is -0.297 e. The van der Waals surface area contributed by atoms with Crippen molar-refractivity contribution in [2.24, 2.45) is 5.92 Å². The van der Waals surface area contributed by atoms with Gasteiger partial charge in [0.05, 0.1) is 0 Å². The van der Waals surface area contributed by atoms with Gasteiger partial charge in [-0.05, 0) is 34.6 Å². The Hall–Kier alpha value is -0.890. The SMILES string of the molecule is CCC(C)Cn1c(I)c(Cl)nc(-n2cccn2)c1=O. The monoisotopic (exact) mass is 392 g/mol. The van der Waals surface area contributed by atoms with E-state index in [0.29, 0.717) is 21.3 Å². The third-order valence-corrected chi connectivity index (χ3v) is 4.64. The van der Waals surface area contributed by atoms with Crippen molar-refractivity contribution in [1.29, 1.82) is 0 Å². The minimum atomic E-state index is -0.169. The van der Waals surface area contributed by atoms with Crippen molar-refractivity contribution < 1.29 is 0 Å². The lowest BCUT2D eigenvalue weighted by Crippen LogP contribution is -2.30. The summed E-state index contributed by atoms with van der Waals surface area (Å²) in [6.07, 6.45) is 4.28. The largest absolute Gasteiger partial charge is 0.297 e. The molecule has 0 amide bonds. The van der Waals surface area contributed by atoms with Gasteiger partial charge < -0.3 is 0 Å². The first-order valence-electron chi connectivity index (χ1n) is 6.00. The molecule has 0 aliphatic rings. The smallest absolute Gasteiger partial charge is 0.296 e. The molecule has 1 unspecified atom stereocenters. The van der Waals surface area contributed by atoms with E-state index in [4.69, 9.17) is 11.6 Å². The molecule has 0 bridgehead atoms. The molecule has 1 atom stereocenters. The van der Waals surface area contributed by atoms with Crippen LogP contribution in [0.1, 0.15) is 20.3 Å². The maximum atomic E-state index is 12.5. The zero-order valence-electron chi connectivity index (χ0n) is 10.7. The highest BCUT2D eigenvalue weighted by molar-refractivity contribution is 14.1. The summed E-state index contributed by atoms with van der Waals surface area (Å²) in [4.78, 5) is 16.6. The van der Waals surface area contributed by atoms with Crippen LogP contribution in [0.15, 0.2) is 23.3 Å². The fourth-order valence-electron chi connectivity index (χ4n) is 1.66. The number of hydrogen-bond donors (Lipinski definition) is 0. The molecule has 0 fully saturated rings. The Morgan fingerprint density at radius 2 is 2.26 bits per heavy atom. The fraction of sp³-hybridized carbons (Fsp3) is 0.417. The molecule has 7 heteroatoms. The van der Waals surface area contributed by atoms with Crippen molar-refractivity contribution in [3.05, 3.63) is 37.7 Å². The molecule has 0 aliphatic heterocycles. The van der Waals surface area contributed by atoms with Crippen molar-refractivity contribution >= 4 is 34.2 Å². The molecule has 0 aromatic carbocycles. The van der Waals surface area contributed by atoms with Crippen LogP contribution in [-0.4, -0.2) is 19.3 Å². The highest BCUT2D eigenvalue weighted by Crippen LogP contribution is 2.17. The molecule has 0 radical (unpaired) electrons. The van der Waals surface area contributed by atoms with Gasteiger partial charge >= 0.3 is 0 Å². The van der Waals surface area contributed by atoms with Crippen molar-refractivity contribution in [2.45, 2.75) is 26.8 Å². The van der Waals surface area contributed by atoms with Gasteiger partial charge in [-0.15, -0.1) is 0 Å². The number of aromatic nitrogens is 4. The molecule has 2 aromatic rings. The normalized spacial score (nSPS) is 12.6. The Labute approximate surface area is 129 Å². The zero-order valence-corrected chi connectivity index (χ0v) is 13.6. The average Bonchev–Trinajstić information content (AvgIpc) is 2.92. The molecule has 102 valence electrons. The van der Waals surface area contributed by atoms with E-state index < -0.39 is 0 Å². The van der Waals surface area contributed by atoms with Crippen molar-refractivity contribution in [1.82, 2.24) is 19.3 Å². The minimum absolute atomic E-state index is 0.169. The van der Waals surface area contributed by atoms with Gasteiger partial charge in [0.2, 0.25) is 5.82 Å². The highest BCUT2D eigenvalue weighted by Gasteiger charge is 2.16. The molecule has 19 heavy (non-hydrogen) atoms. The van der Waals surface area contributed by atoms with Gasteiger partial charge in [-0.1, -0.05) is 31.9 Å². The fourth-order valence-corrected chi connectivity index (χ4v) is 2.37. The molecular weight excluding hydrogens is 379 g/mol. The number of hydrogen-bond acceptors (Lipinski definition) is 3. The Balaban J connectivity index is 2.57. The molecular formula is C12H14ClIN4O. The Bertz CT molecular complexity index is 623. The maximum Gasteiger partial charge on any atom is 0.296 e. The lowest BCUT2D eigenvalue weighted by molar-refractivity contribution is 0.451. The zero-order chi connectivity index (χ0) is 14.0. The van der Waals surface area contributed by atoms with E-state index in [2.05, 4.69) is 46.5 Å². The quantitative estimate of drug-likeness (QED) is 0.752. The van der Waals surface area contributed by atoms with E-state index in [-0.39, 0.29) is 11.4 Å². The lowest BCUT2D eigenvalue weighted by atomic mass is 10.1. The predicted octanol–water partition coefficient (Wildman–Crippen LogP) is 2.73. The number of rotatable bonds is 4. The summed E-state index contributed by atoms with van der Waals surface area (Å²) in [6, 6.07) is 1.74. The van der Waals surface area contributed by atoms with Crippen LogP contribution in [0.5, 0.6) is 0 Å². The second-order valence-electron chi connectivity index (χ2n) is 4.40. The van der Waals surface area contributed by atoms with Gasteiger partial charge in [0.15, 0.2) is 5.15 Å². The van der Waals surface area contributed by atoms with E-state index in [1.807, 2.05) is 0 Å². The van der Waals surface area contributed by atoms with E-state index in [1.54, 1.807) is 23.0 Å². The molecule has 0 saturated carbocycles. The highest BCUT2D eigenvalue weighted by atomic mass is 127. The Kier molecular flexibility index (Phi) is 4.62. The Morgan fingerprint density at radius 1 is 1.53 bits per heavy atom. The van der Waals surface area contributed by atoms with E-state index in [9.17, 15) is 4.79 Å². The van der Waals surface area contributed by atoms with Gasteiger partial charge in [-0.2, -0.15) is 5.10 Å². The molecule has 0 N–H and O–H groups in total. The van der Waals surface area contributed by atoms with Crippen LogP contribution in [0.2, 0.25) is 5.15 Å². The summed E-state index contributed by atoms with van der Waals surface area (Å²) in [5.74, 6) is 0.633. The van der Waals surface area contributed by atoms with Crippen LogP contribution in [0.25, 0.3) is 5.82 Å². The molecule has 2 rings (SSSR count). The van der Waals surface area contributed by atoms with Gasteiger partial charge in [0, 0.05) is 18.9 Å². The van der Waals surface area contributed by atoms with Crippen molar-refractivity contribution in [3.63, 3.8) is 0 Å². The Morgan fingerprint density at radius 3 is 2.84 bits per heavy atom. The summed E-state index contributed by atoms with van der Waals surface area (Å²) in [5, 5.41) is 4.37. The summed E-state index contributed by atoms with van der Waals surface area (Å²) in [6.45, 7) is 4.83. The first kappa shape index (κ1) is 14.5. The first-order valence-corrected chi connectivity index (χ1v) is 7.46. The van der Waals surface area contributed by atoms with Gasteiger partial charge in [-0.3, -0.25) is 9.36 Å². The first-order chi connectivity index (χ1) is 9.04. The topological polar surface area (TPSA) is 52.7 Å². The summed E-state index contributed by atoms with van der Waals surface area (Å²) >= 11 is 8.17. The second kappa shape index (κ2) is 6.04. The van der Waals surface area contributed by atoms with E-state index >= 15 is 0 Å². The maximum absolute atomic E-state index is 12.5. The van der Waals surface area contributed by atoms with Crippen LogP contribution in [-0.2, 0) is 6.54 Å². The van der Waals surface area contributed by atoms with Crippen LogP contribution in [0.4, 0.5) is 0 Å². The van der Waals surface area contributed by atoms with Crippen LogP contribution >= 0.6 is 34.2 Å². The molecule has 0 aliphatic carbocycles. The van der Waals surface area contributed by atoms with Crippen molar-refractivity contribution in [3.8, 4) is 5.82 Å². The average molecular weight is 393 g/mol. The van der Waals surface area contributed by atoms with Gasteiger partial charge in [0.1, 0.15) is 3.70 Å². The third-order valence-electron chi connectivity index (χ3n) is 2.96. The molecule has 5 nitrogen and oxygen atoms in total. The number of nitrogens with zero attached hydrogens (tertiary/aromatic N) is 4. The standard InChI is InChI=1S/C12H14ClIN4O/c1-3-8(2)7-17-10(14)9(13)16-11(12(17)19)18-6-4-5-15-18/h4-6,8H,3,7H2,1-2H3. The van der Waals surface area contributed by atoms with Gasteiger partial charge in [0.25, 0.3) is 5.56 Å². The molecule has 0 spiro atoms. The van der Waals surface area contributed by atoms with Crippen LogP contribution < -0.4 is 5.56 Å². The predicted molar refractivity (Wildman–Crippen MR) is 82.8 cm³/mol. The summed E-state index contributed by atoms with van der Waals surface area (Å²) in [5.41, 5.74) is -0.169. The van der Waals surface area contributed by atoms with Crippen LogP contribution in [0, 0.1) is 9.62 Å². The third kappa shape index (κ3) is 3.00. The molecule has 2 heterocycles. The van der Waals surface area contributed by atoms with E-state index in [1.165, 1.54) is 4.68 Å². The van der Waals surface area contributed by atoms with Crippen LogP contribution in [0.3, 0.4) is 0 Å².